The lowest BCUT2D eigenvalue weighted by molar-refractivity contribution is -0.00383. The molecule has 13 heavy (non-hydrogen) atoms. The van der Waals surface area contributed by atoms with Gasteiger partial charge in [0.1, 0.15) is 6.10 Å². The predicted octanol–water partition coefficient (Wildman–Crippen LogP) is 0.747. The van der Waals surface area contributed by atoms with Crippen molar-refractivity contribution in [1.29, 1.82) is 0 Å². The molecule has 0 saturated carbocycles. The Morgan fingerprint density at radius 1 is 1.54 bits per heavy atom. The Bertz CT molecular complexity index is 164. The number of aliphatic hydroxyl groups excluding tert-OH is 1. The predicted molar refractivity (Wildman–Crippen MR) is 41.6 cm³/mol. The zero-order valence-corrected chi connectivity index (χ0v) is 7.46. The summed E-state index contributed by atoms with van der Waals surface area (Å²) in [7, 11) is 0. The molecule has 1 atom stereocenters. The van der Waals surface area contributed by atoms with E-state index >= 15 is 0 Å². The van der Waals surface area contributed by atoms with Crippen LogP contribution in [0.4, 0.5) is 13.6 Å². The molecule has 0 aromatic heterocycles. The molecule has 0 spiro atoms. The second-order valence-electron chi connectivity index (χ2n) is 2.74. The van der Waals surface area contributed by atoms with Crippen LogP contribution in [0.1, 0.15) is 13.8 Å². The Kier molecular flexibility index (Phi) is 5.29. The van der Waals surface area contributed by atoms with Crippen molar-refractivity contribution in [2.24, 2.45) is 0 Å². The zero-order chi connectivity index (χ0) is 10.4. The van der Waals surface area contributed by atoms with Crippen LogP contribution in [0.25, 0.3) is 0 Å². The van der Waals surface area contributed by atoms with E-state index in [2.05, 4.69) is 4.74 Å². The summed E-state index contributed by atoms with van der Waals surface area (Å²) in [6.45, 7) is 2.75. The molecule has 0 aromatic carbocycles. The van der Waals surface area contributed by atoms with E-state index in [1.807, 2.05) is 5.32 Å². The third-order valence-electron chi connectivity index (χ3n) is 1.09. The number of hydrogen-bond acceptors (Lipinski definition) is 3. The second-order valence-corrected chi connectivity index (χ2v) is 2.74. The summed E-state index contributed by atoms with van der Waals surface area (Å²) in [6.07, 6.45) is -5.84. The highest BCUT2D eigenvalue weighted by Gasteiger charge is 2.17. The summed E-state index contributed by atoms with van der Waals surface area (Å²) in [6, 6.07) is 0. The maximum atomic E-state index is 11.7. The maximum absolute atomic E-state index is 11.7. The molecule has 0 fully saturated rings. The quantitative estimate of drug-likeness (QED) is 0.699. The normalized spacial score (nSPS) is 13.2. The lowest BCUT2D eigenvalue weighted by Gasteiger charge is -2.12. The van der Waals surface area contributed by atoms with Gasteiger partial charge in [0.05, 0.1) is 12.6 Å². The zero-order valence-electron chi connectivity index (χ0n) is 7.46. The Hall–Kier alpha value is -0.910. The molecule has 0 aliphatic carbocycles. The van der Waals surface area contributed by atoms with Gasteiger partial charge in [0.15, 0.2) is 0 Å². The largest absolute Gasteiger partial charge is 0.447 e. The number of carbonyl (C=O) groups is 1. The van der Waals surface area contributed by atoms with Crippen LogP contribution >= 0.6 is 0 Å². The van der Waals surface area contributed by atoms with E-state index < -0.39 is 25.2 Å². The summed E-state index contributed by atoms with van der Waals surface area (Å²) in [5.41, 5.74) is 0. The first-order chi connectivity index (χ1) is 5.93. The van der Waals surface area contributed by atoms with Gasteiger partial charge in [0, 0.05) is 0 Å². The number of nitrogens with one attached hydrogen (secondary N) is 1. The third kappa shape index (κ3) is 6.27. The monoisotopic (exact) mass is 197 g/mol. The van der Waals surface area contributed by atoms with Crippen molar-refractivity contribution in [3.05, 3.63) is 0 Å². The van der Waals surface area contributed by atoms with Crippen LogP contribution in [0.3, 0.4) is 0 Å². The van der Waals surface area contributed by atoms with E-state index in [0.717, 1.165) is 0 Å². The van der Waals surface area contributed by atoms with Gasteiger partial charge in [0.25, 0.3) is 6.43 Å². The van der Waals surface area contributed by atoms with Crippen LogP contribution in [0.15, 0.2) is 0 Å². The van der Waals surface area contributed by atoms with Crippen molar-refractivity contribution in [1.82, 2.24) is 5.32 Å². The van der Waals surface area contributed by atoms with E-state index in [1.54, 1.807) is 13.8 Å². The molecule has 0 bridgehead atoms. The van der Waals surface area contributed by atoms with Gasteiger partial charge in [0.2, 0.25) is 0 Å². The fourth-order valence-electron chi connectivity index (χ4n) is 0.533. The average molecular weight is 197 g/mol. The van der Waals surface area contributed by atoms with E-state index in [9.17, 15) is 13.6 Å². The topological polar surface area (TPSA) is 58.6 Å². The summed E-state index contributed by atoms with van der Waals surface area (Å²) in [5.74, 6) is 0. The number of rotatable bonds is 4. The van der Waals surface area contributed by atoms with Crippen LogP contribution in [0.5, 0.6) is 0 Å². The lowest BCUT2D eigenvalue weighted by atomic mass is 10.4. The SMILES string of the molecule is CC(C)OC(=O)NCC(O)C(F)F. The van der Waals surface area contributed by atoms with Gasteiger partial charge in [-0.2, -0.15) is 0 Å². The van der Waals surface area contributed by atoms with Crippen LogP contribution in [0, 0.1) is 0 Å². The van der Waals surface area contributed by atoms with E-state index in [1.165, 1.54) is 0 Å². The van der Waals surface area contributed by atoms with Gasteiger partial charge in [-0.1, -0.05) is 0 Å². The molecule has 0 saturated heterocycles. The number of alkyl halides is 2. The first-order valence-electron chi connectivity index (χ1n) is 3.84. The van der Waals surface area contributed by atoms with Crippen molar-refractivity contribution < 1.29 is 23.4 Å². The minimum Gasteiger partial charge on any atom is -0.447 e. The number of alkyl carbamates (subject to hydrolysis) is 1. The molecule has 1 unspecified atom stereocenters. The molecular weight excluding hydrogens is 184 g/mol. The van der Waals surface area contributed by atoms with Crippen molar-refractivity contribution in [2.75, 3.05) is 6.54 Å². The minimum atomic E-state index is -2.86. The number of amides is 1. The molecule has 0 aliphatic heterocycles. The molecule has 1 amide bonds. The number of carbonyl (C=O) groups excluding carboxylic acids is 1. The number of ether oxygens (including phenoxy) is 1. The molecule has 2 N–H and O–H groups in total. The van der Waals surface area contributed by atoms with Crippen molar-refractivity contribution in [3.8, 4) is 0 Å². The first-order valence-corrected chi connectivity index (χ1v) is 3.84. The molecule has 0 aliphatic rings. The average Bonchev–Trinajstić information content (AvgIpc) is 1.98. The van der Waals surface area contributed by atoms with Gasteiger partial charge in [-0.15, -0.1) is 0 Å². The Morgan fingerprint density at radius 2 is 2.08 bits per heavy atom. The highest BCUT2D eigenvalue weighted by molar-refractivity contribution is 5.67. The molecule has 0 rings (SSSR count). The maximum Gasteiger partial charge on any atom is 0.407 e. The van der Waals surface area contributed by atoms with Crippen molar-refractivity contribution >= 4 is 6.09 Å². The van der Waals surface area contributed by atoms with Crippen molar-refractivity contribution in [2.45, 2.75) is 32.5 Å². The molecule has 0 aromatic rings. The molecule has 78 valence electrons. The van der Waals surface area contributed by atoms with Gasteiger partial charge in [-0.3, -0.25) is 0 Å². The lowest BCUT2D eigenvalue weighted by Crippen LogP contribution is -2.36. The van der Waals surface area contributed by atoms with Crippen LogP contribution in [-0.4, -0.2) is 36.4 Å². The fourth-order valence-corrected chi connectivity index (χ4v) is 0.533. The van der Waals surface area contributed by atoms with Crippen LogP contribution in [-0.2, 0) is 4.74 Å². The summed E-state index contributed by atoms with van der Waals surface area (Å²) >= 11 is 0. The molecule has 6 heteroatoms. The third-order valence-corrected chi connectivity index (χ3v) is 1.09. The molecular formula is C7H13F2NO3. The molecule has 0 heterocycles. The Balaban J connectivity index is 3.58. The molecule has 4 nitrogen and oxygen atoms in total. The first kappa shape index (κ1) is 12.1. The summed E-state index contributed by atoms with van der Waals surface area (Å²) in [4.78, 5) is 10.7. The van der Waals surface area contributed by atoms with Crippen LogP contribution in [0.2, 0.25) is 0 Å². The smallest absolute Gasteiger partial charge is 0.407 e. The van der Waals surface area contributed by atoms with E-state index in [4.69, 9.17) is 5.11 Å². The number of hydrogen-bond donors (Lipinski definition) is 2. The van der Waals surface area contributed by atoms with Gasteiger partial charge in [-0.25, -0.2) is 13.6 Å². The Morgan fingerprint density at radius 3 is 2.46 bits per heavy atom. The highest BCUT2D eigenvalue weighted by Crippen LogP contribution is 1.98. The summed E-state index contributed by atoms with van der Waals surface area (Å²) < 4.78 is 28.0. The van der Waals surface area contributed by atoms with Crippen LogP contribution < -0.4 is 5.32 Å². The highest BCUT2D eigenvalue weighted by atomic mass is 19.3. The van der Waals surface area contributed by atoms with Gasteiger partial charge in [-0.05, 0) is 13.8 Å². The fraction of sp³-hybridized carbons (Fsp3) is 0.857. The summed E-state index contributed by atoms with van der Waals surface area (Å²) in [5, 5.41) is 10.6. The molecule has 0 radical (unpaired) electrons. The van der Waals surface area contributed by atoms with E-state index in [-0.39, 0.29) is 6.10 Å². The number of aliphatic hydroxyl groups is 1. The van der Waals surface area contributed by atoms with Crippen molar-refractivity contribution in [3.63, 3.8) is 0 Å². The van der Waals surface area contributed by atoms with Gasteiger partial charge >= 0.3 is 6.09 Å². The van der Waals surface area contributed by atoms with Gasteiger partial charge < -0.3 is 15.2 Å². The Labute approximate surface area is 74.9 Å². The second kappa shape index (κ2) is 5.69. The number of halogens is 2. The standard InChI is InChI=1S/C7H13F2NO3/c1-4(2)13-7(12)10-3-5(11)6(8)9/h4-6,11H,3H2,1-2H3,(H,10,12). The van der Waals surface area contributed by atoms with E-state index in [0.29, 0.717) is 0 Å². The minimum absolute atomic E-state index is 0.316.